The Kier molecular flexibility index (Phi) is 10.3. The zero-order valence-electron chi connectivity index (χ0n) is 23.8. The summed E-state index contributed by atoms with van der Waals surface area (Å²) in [7, 11) is 1.78. The van der Waals surface area contributed by atoms with Gasteiger partial charge in [0, 0.05) is 36.1 Å². The molecule has 0 fully saturated rings. The predicted octanol–water partition coefficient (Wildman–Crippen LogP) is 7.02. The third-order valence-electron chi connectivity index (χ3n) is 6.23. The summed E-state index contributed by atoms with van der Waals surface area (Å²) in [5.74, 6) is -1.52. The molecule has 0 saturated heterocycles. The normalized spacial score (nSPS) is 12.1. The number of carbonyl (C=O) groups is 2. The van der Waals surface area contributed by atoms with Crippen molar-refractivity contribution in [3.8, 4) is 11.1 Å². The van der Waals surface area contributed by atoms with Crippen LogP contribution in [0.5, 0.6) is 0 Å². The van der Waals surface area contributed by atoms with E-state index in [1.165, 1.54) is 0 Å². The molecule has 10 heteroatoms. The van der Waals surface area contributed by atoms with Gasteiger partial charge in [-0.05, 0) is 62.6 Å². The molecule has 0 heterocycles. The SMILES string of the molecule is CC(NC(=O)OC(C)(C)C)c1cccc(-c2cc(NCC(F)F)cc(N(C)Cc3ccccc3CC(=O)O)c2)c1F. The van der Waals surface area contributed by atoms with Gasteiger partial charge < -0.3 is 25.4 Å². The smallest absolute Gasteiger partial charge is 0.408 e. The molecule has 1 amide bonds. The van der Waals surface area contributed by atoms with E-state index >= 15 is 4.39 Å². The van der Waals surface area contributed by atoms with Crippen LogP contribution < -0.4 is 15.5 Å². The van der Waals surface area contributed by atoms with Crippen LogP contribution in [0.1, 0.15) is 50.4 Å². The van der Waals surface area contributed by atoms with Crippen molar-refractivity contribution in [1.82, 2.24) is 5.32 Å². The van der Waals surface area contributed by atoms with Gasteiger partial charge in [0.25, 0.3) is 6.43 Å². The van der Waals surface area contributed by atoms with Crippen LogP contribution in [0.3, 0.4) is 0 Å². The Bertz CT molecular complexity index is 1370. The minimum Gasteiger partial charge on any atom is -0.481 e. The fourth-order valence-corrected chi connectivity index (χ4v) is 4.35. The van der Waals surface area contributed by atoms with Crippen LogP contribution in [0.15, 0.2) is 60.7 Å². The number of halogens is 3. The number of amides is 1. The Morgan fingerprint density at radius 2 is 1.71 bits per heavy atom. The zero-order chi connectivity index (χ0) is 30.3. The van der Waals surface area contributed by atoms with Gasteiger partial charge in [-0.15, -0.1) is 0 Å². The number of rotatable bonds is 11. The number of benzene rings is 3. The monoisotopic (exact) mass is 571 g/mol. The zero-order valence-corrected chi connectivity index (χ0v) is 23.8. The number of hydrogen-bond acceptors (Lipinski definition) is 5. The number of ether oxygens (including phenoxy) is 1. The van der Waals surface area contributed by atoms with E-state index in [1.807, 2.05) is 17.0 Å². The Morgan fingerprint density at radius 1 is 1.02 bits per heavy atom. The van der Waals surface area contributed by atoms with E-state index in [0.29, 0.717) is 29.0 Å². The molecular formula is C31H36F3N3O4. The lowest BCUT2D eigenvalue weighted by atomic mass is 9.97. The van der Waals surface area contributed by atoms with Gasteiger partial charge in [-0.3, -0.25) is 4.79 Å². The van der Waals surface area contributed by atoms with Gasteiger partial charge in [-0.1, -0.05) is 42.5 Å². The van der Waals surface area contributed by atoms with Crippen LogP contribution in [-0.4, -0.2) is 42.8 Å². The summed E-state index contributed by atoms with van der Waals surface area (Å²) in [6, 6.07) is 16.3. The summed E-state index contributed by atoms with van der Waals surface area (Å²) in [5, 5.41) is 14.6. The molecule has 3 rings (SSSR count). The first-order valence-corrected chi connectivity index (χ1v) is 13.2. The number of alkyl carbamates (subject to hydrolysis) is 1. The predicted molar refractivity (Wildman–Crippen MR) is 154 cm³/mol. The van der Waals surface area contributed by atoms with Crippen molar-refractivity contribution >= 4 is 23.4 Å². The Balaban J connectivity index is 1.98. The molecule has 220 valence electrons. The van der Waals surface area contributed by atoms with Crippen molar-refractivity contribution in [3.63, 3.8) is 0 Å². The highest BCUT2D eigenvalue weighted by Crippen LogP contribution is 2.34. The number of hydrogen-bond donors (Lipinski definition) is 3. The first-order valence-electron chi connectivity index (χ1n) is 13.2. The van der Waals surface area contributed by atoms with Gasteiger partial charge >= 0.3 is 12.1 Å². The highest BCUT2D eigenvalue weighted by molar-refractivity contribution is 5.76. The van der Waals surface area contributed by atoms with Crippen LogP contribution >= 0.6 is 0 Å². The number of anilines is 2. The summed E-state index contributed by atoms with van der Waals surface area (Å²) in [6.45, 7) is 6.57. The second-order valence-corrected chi connectivity index (χ2v) is 10.8. The summed E-state index contributed by atoms with van der Waals surface area (Å²) < 4.78 is 47.2. The number of carboxylic acid groups (broad SMARTS) is 1. The third-order valence-corrected chi connectivity index (χ3v) is 6.23. The molecule has 7 nitrogen and oxygen atoms in total. The maximum absolute atomic E-state index is 15.9. The van der Waals surface area contributed by atoms with E-state index in [9.17, 15) is 23.5 Å². The van der Waals surface area contributed by atoms with Crippen LogP contribution in [0, 0.1) is 5.82 Å². The third kappa shape index (κ3) is 9.16. The molecule has 0 radical (unpaired) electrons. The fraction of sp³-hybridized carbons (Fsp3) is 0.355. The van der Waals surface area contributed by atoms with E-state index in [2.05, 4.69) is 10.6 Å². The van der Waals surface area contributed by atoms with Crippen molar-refractivity contribution in [1.29, 1.82) is 0 Å². The second-order valence-electron chi connectivity index (χ2n) is 10.8. The van der Waals surface area contributed by atoms with Crippen molar-refractivity contribution in [3.05, 3.63) is 83.2 Å². The Morgan fingerprint density at radius 3 is 2.34 bits per heavy atom. The maximum atomic E-state index is 15.9. The van der Waals surface area contributed by atoms with Crippen LogP contribution in [0.25, 0.3) is 11.1 Å². The first kappa shape index (κ1) is 31.3. The largest absolute Gasteiger partial charge is 0.481 e. The molecule has 3 N–H and O–H groups in total. The van der Waals surface area contributed by atoms with E-state index in [4.69, 9.17) is 4.74 Å². The summed E-state index contributed by atoms with van der Waals surface area (Å²) in [4.78, 5) is 25.4. The lowest BCUT2D eigenvalue weighted by molar-refractivity contribution is -0.136. The lowest BCUT2D eigenvalue weighted by Gasteiger charge is -2.24. The molecule has 0 spiro atoms. The Labute approximate surface area is 238 Å². The quantitative estimate of drug-likeness (QED) is 0.229. The highest BCUT2D eigenvalue weighted by atomic mass is 19.3. The molecule has 1 unspecified atom stereocenters. The summed E-state index contributed by atoms with van der Waals surface area (Å²) in [5.41, 5.74) is 2.60. The molecule has 3 aromatic carbocycles. The molecule has 1 atom stereocenters. The van der Waals surface area contributed by atoms with Crippen molar-refractivity contribution in [2.75, 3.05) is 23.8 Å². The minimum atomic E-state index is -2.59. The van der Waals surface area contributed by atoms with Crippen LogP contribution in [-0.2, 0) is 22.5 Å². The van der Waals surface area contributed by atoms with Gasteiger partial charge in [0.05, 0.1) is 19.0 Å². The van der Waals surface area contributed by atoms with E-state index in [0.717, 1.165) is 5.56 Å². The van der Waals surface area contributed by atoms with E-state index in [1.54, 1.807) is 83.3 Å². The molecule has 3 aromatic rings. The van der Waals surface area contributed by atoms with Gasteiger partial charge in [0.1, 0.15) is 11.4 Å². The molecule has 0 aliphatic carbocycles. The number of carboxylic acids is 1. The topological polar surface area (TPSA) is 90.9 Å². The second kappa shape index (κ2) is 13.4. The van der Waals surface area contributed by atoms with Crippen molar-refractivity contribution in [2.24, 2.45) is 0 Å². The lowest BCUT2D eigenvalue weighted by Crippen LogP contribution is -2.34. The first-order chi connectivity index (χ1) is 19.2. The van der Waals surface area contributed by atoms with Crippen molar-refractivity contribution < 1.29 is 32.6 Å². The molecule has 0 aliphatic rings. The highest BCUT2D eigenvalue weighted by Gasteiger charge is 2.22. The molecule has 0 saturated carbocycles. The van der Waals surface area contributed by atoms with Gasteiger partial charge in [-0.2, -0.15) is 0 Å². The maximum Gasteiger partial charge on any atom is 0.408 e. The number of carbonyl (C=O) groups excluding carboxylic acids is 1. The number of nitrogens with zero attached hydrogens (tertiary/aromatic N) is 1. The number of aliphatic carboxylic acids is 1. The summed E-state index contributed by atoms with van der Waals surface area (Å²) >= 11 is 0. The average molecular weight is 572 g/mol. The summed E-state index contributed by atoms with van der Waals surface area (Å²) in [6.07, 6.45) is -3.42. The van der Waals surface area contributed by atoms with Crippen LogP contribution in [0.4, 0.5) is 29.3 Å². The van der Waals surface area contributed by atoms with E-state index in [-0.39, 0.29) is 17.5 Å². The van der Waals surface area contributed by atoms with Crippen molar-refractivity contribution in [2.45, 2.75) is 58.7 Å². The van der Waals surface area contributed by atoms with Gasteiger partial charge in [0.15, 0.2) is 0 Å². The average Bonchev–Trinajstić information content (AvgIpc) is 2.87. The fourth-order valence-electron chi connectivity index (χ4n) is 4.35. The molecule has 0 aliphatic heterocycles. The number of nitrogens with one attached hydrogen (secondary N) is 2. The minimum absolute atomic E-state index is 0.140. The molecule has 0 aromatic heterocycles. The van der Waals surface area contributed by atoms with E-state index < -0.39 is 42.5 Å². The molecular weight excluding hydrogens is 535 g/mol. The van der Waals surface area contributed by atoms with Crippen LogP contribution in [0.2, 0.25) is 0 Å². The molecule has 0 bridgehead atoms. The standard InChI is InChI=1S/C31H36F3N3O4/c1-19(36-30(40)41-31(2,3)4)25-11-8-12-26(29(25)34)22-13-23(35-17-27(32)33)16-24(14-22)37(5)18-21-10-7-6-9-20(21)15-28(38)39/h6-14,16,19,27,35H,15,17-18H2,1-5H3,(H,36,40)(H,38,39). The Hall–Kier alpha value is -4.21. The molecule has 41 heavy (non-hydrogen) atoms. The number of alkyl halides is 2. The van der Waals surface area contributed by atoms with Gasteiger partial charge in [-0.25, -0.2) is 18.0 Å². The van der Waals surface area contributed by atoms with Gasteiger partial charge in [0.2, 0.25) is 0 Å².